The Kier molecular flexibility index (Phi) is 3.73. The van der Waals surface area contributed by atoms with E-state index < -0.39 is 0 Å². The van der Waals surface area contributed by atoms with Gasteiger partial charge in [-0.25, -0.2) is 0 Å². The van der Waals surface area contributed by atoms with E-state index >= 15 is 0 Å². The molecule has 1 N–H and O–H groups in total. The van der Waals surface area contributed by atoms with Crippen LogP contribution in [0.3, 0.4) is 0 Å². The predicted octanol–water partition coefficient (Wildman–Crippen LogP) is 4.40. The zero-order chi connectivity index (χ0) is 15.0. The lowest BCUT2D eigenvalue weighted by Crippen LogP contribution is -2.26. The first kappa shape index (κ1) is 14.2. The van der Waals surface area contributed by atoms with Crippen molar-refractivity contribution in [3.05, 3.63) is 64.2 Å². The van der Waals surface area contributed by atoms with Crippen LogP contribution >= 0.6 is 0 Å². The van der Waals surface area contributed by atoms with Crippen LogP contribution in [0, 0.1) is 20.8 Å². The second-order valence-corrected chi connectivity index (χ2v) is 6.08. The largest absolute Gasteiger partial charge is 0.491 e. The molecule has 0 amide bonds. The molecule has 0 saturated heterocycles. The van der Waals surface area contributed by atoms with Crippen LogP contribution in [0.5, 0.6) is 5.75 Å². The van der Waals surface area contributed by atoms with Gasteiger partial charge in [0.1, 0.15) is 12.4 Å². The summed E-state index contributed by atoms with van der Waals surface area (Å²) >= 11 is 0. The highest BCUT2D eigenvalue weighted by molar-refractivity contribution is 5.41. The molecule has 0 spiro atoms. The number of ether oxygens (including phenoxy) is 1. The molecule has 1 aliphatic heterocycles. The molecule has 2 aromatic carbocycles. The SMILES string of the molecule is Cc1cc(C)c(C(C)NC2COc3ccccc32)cc1C. The Morgan fingerprint density at radius 3 is 2.57 bits per heavy atom. The molecule has 0 bridgehead atoms. The van der Waals surface area contributed by atoms with E-state index in [1.807, 2.05) is 12.1 Å². The second kappa shape index (κ2) is 5.53. The van der Waals surface area contributed by atoms with Gasteiger partial charge >= 0.3 is 0 Å². The van der Waals surface area contributed by atoms with E-state index in [1.54, 1.807) is 0 Å². The molecule has 3 rings (SSSR count). The third kappa shape index (κ3) is 2.68. The normalized spacial score (nSPS) is 18.2. The van der Waals surface area contributed by atoms with Gasteiger partial charge in [0.15, 0.2) is 0 Å². The quantitative estimate of drug-likeness (QED) is 0.900. The fourth-order valence-electron chi connectivity index (χ4n) is 3.14. The number of benzene rings is 2. The average Bonchev–Trinajstić information content (AvgIpc) is 2.86. The fourth-order valence-corrected chi connectivity index (χ4v) is 3.14. The maximum Gasteiger partial charge on any atom is 0.124 e. The molecule has 2 nitrogen and oxygen atoms in total. The van der Waals surface area contributed by atoms with Gasteiger partial charge in [-0.1, -0.05) is 30.3 Å². The van der Waals surface area contributed by atoms with Crippen LogP contribution in [0.25, 0.3) is 0 Å². The molecular weight excluding hydrogens is 258 g/mol. The standard InChI is InChI=1S/C19H23NO/c1-12-9-14(3)17(10-13(12)2)15(4)20-18-11-21-19-8-6-5-7-16(18)19/h5-10,15,18,20H,11H2,1-4H3. The van der Waals surface area contributed by atoms with E-state index in [0.717, 1.165) is 5.75 Å². The minimum Gasteiger partial charge on any atom is -0.491 e. The Labute approximate surface area is 127 Å². The van der Waals surface area contributed by atoms with E-state index in [4.69, 9.17) is 4.74 Å². The smallest absolute Gasteiger partial charge is 0.124 e. The molecule has 0 saturated carbocycles. The molecule has 2 aromatic rings. The minimum atomic E-state index is 0.275. The first-order valence-electron chi connectivity index (χ1n) is 7.62. The number of hydrogen-bond donors (Lipinski definition) is 1. The molecule has 2 heteroatoms. The van der Waals surface area contributed by atoms with Crippen LogP contribution in [0.1, 0.15) is 46.8 Å². The van der Waals surface area contributed by atoms with Crippen LogP contribution in [0.2, 0.25) is 0 Å². The zero-order valence-corrected chi connectivity index (χ0v) is 13.2. The highest BCUT2D eigenvalue weighted by Crippen LogP contribution is 2.34. The molecule has 0 fully saturated rings. The van der Waals surface area contributed by atoms with Crippen LogP contribution in [-0.4, -0.2) is 6.61 Å². The van der Waals surface area contributed by atoms with E-state index in [0.29, 0.717) is 12.6 Å². The number of hydrogen-bond acceptors (Lipinski definition) is 2. The van der Waals surface area contributed by atoms with Crippen LogP contribution < -0.4 is 10.1 Å². The third-order valence-corrected chi connectivity index (χ3v) is 4.50. The molecule has 0 aliphatic carbocycles. The van der Waals surface area contributed by atoms with Crippen molar-refractivity contribution in [2.45, 2.75) is 39.8 Å². The Hall–Kier alpha value is -1.80. The maximum absolute atomic E-state index is 5.76. The lowest BCUT2D eigenvalue weighted by Gasteiger charge is -2.22. The lowest BCUT2D eigenvalue weighted by molar-refractivity contribution is 0.300. The summed E-state index contributed by atoms with van der Waals surface area (Å²) in [7, 11) is 0. The summed E-state index contributed by atoms with van der Waals surface area (Å²) in [5, 5.41) is 3.71. The van der Waals surface area contributed by atoms with E-state index in [9.17, 15) is 0 Å². The zero-order valence-electron chi connectivity index (χ0n) is 13.2. The molecule has 110 valence electrons. The third-order valence-electron chi connectivity index (χ3n) is 4.50. The molecule has 2 unspecified atom stereocenters. The van der Waals surface area contributed by atoms with E-state index in [-0.39, 0.29) is 6.04 Å². The van der Waals surface area contributed by atoms with E-state index in [1.165, 1.54) is 27.8 Å². The van der Waals surface area contributed by atoms with Gasteiger partial charge in [0.2, 0.25) is 0 Å². The summed E-state index contributed by atoms with van der Waals surface area (Å²) in [5.41, 5.74) is 6.71. The molecule has 1 heterocycles. The van der Waals surface area contributed by atoms with Gasteiger partial charge in [0, 0.05) is 11.6 Å². The maximum atomic E-state index is 5.76. The Bertz CT molecular complexity index is 663. The van der Waals surface area contributed by atoms with Gasteiger partial charge in [-0.3, -0.25) is 0 Å². The summed E-state index contributed by atoms with van der Waals surface area (Å²) in [6.07, 6.45) is 0. The molecular formula is C19H23NO. The average molecular weight is 281 g/mol. The Morgan fingerprint density at radius 1 is 1.05 bits per heavy atom. The molecule has 1 aliphatic rings. The van der Waals surface area contributed by atoms with E-state index in [2.05, 4.69) is 57.3 Å². The molecule has 21 heavy (non-hydrogen) atoms. The molecule has 0 radical (unpaired) electrons. The van der Waals surface area contributed by atoms with Gasteiger partial charge in [0.05, 0.1) is 6.04 Å². The highest BCUT2D eigenvalue weighted by Gasteiger charge is 2.25. The summed E-state index contributed by atoms with van der Waals surface area (Å²) in [6, 6.07) is 13.5. The van der Waals surface area contributed by atoms with Crippen LogP contribution in [-0.2, 0) is 0 Å². The van der Waals surface area contributed by atoms with Crippen LogP contribution in [0.15, 0.2) is 36.4 Å². The van der Waals surface area contributed by atoms with Gasteiger partial charge in [0.25, 0.3) is 0 Å². The first-order valence-corrected chi connectivity index (χ1v) is 7.62. The van der Waals surface area contributed by atoms with Crippen molar-refractivity contribution < 1.29 is 4.74 Å². The van der Waals surface area contributed by atoms with Crippen molar-refractivity contribution in [1.82, 2.24) is 5.32 Å². The lowest BCUT2D eigenvalue weighted by atomic mass is 9.95. The Morgan fingerprint density at radius 2 is 1.76 bits per heavy atom. The van der Waals surface area contributed by atoms with Crippen molar-refractivity contribution in [3.8, 4) is 5.75 Å². The predicted molar refractivity (Wildman–Crippen MR) is 86.9 cm³/mol. The minimum absolute atomic E-state index is 0.275. The number of rotatable bonds is 3. The summed E-state index contributed by atoms with van der Waals surface area (Å²) < 4.78 is 5.76. The fraction of sp³-hybridized carbons (Fsp3) is 0.368. The van der Waals surface area contributed by atoms with Crippen molar-refractivity contribution in [1.29, 1.82) is 0 Å². The number of fused-ring (bicyclic) bond motifs is 1. The Balaban J connectivity index is 1.82. The number of aryl methyl sites for hydroxylation is 3. The van der Waals surface area contributed by atoms with Crippen molar-refractivity contribution in [2.24, 2.45) is 0 Å². The summed E-state index contributed by atoms with van der Waals surface area (Å²) in [4.78, 5) is 0. The summed E-state index contributed by atoms with van der Waals surface area (Å²) in [5.74, 6) is 1.01. The monoisotopic (exact) mass is 281 g/mol. The van der Waals surface area contributed by atoms with Crippen molar-refractivity contribution in [3.63, 3.8) is 0 Å². The second-order valence-electron chi connectivity index (χ2n) is 6.08. The summed E-state index contributed by atoms with van der Waals surface area (Å²) in [6.45, 7) is 9.49. The van der Waals surface area contributed by atoms with Gasteiger partial charge in [-0.05, 0) is 56.0 Å². The van der Waals surface area contributed by atoms with Gasteiger partial charge in [-0.2, -0.15) is 0 Å². The topological polar surface area (TPSA) is 21.3 Å². The number of nitrogens with one attached hydrogen (secondary N) is 1. The molecule has 2 atom stereocenters. The van der Waals surface area contributed by atoms with Gasteiger partial charge < -0.3 is 10.1 Å². The number of para-hydroxylation sites is 1. The van der Waals surface area contributed by atoms with Crippen molar-refractivity contribution in [2.75, 3.05) is 6.61 Å². The van der Waals surface area contributed by atoms with Crippen LogP contribution in [0.4, 0.5) is 0 Å². The van der Waals surface area contributed by atoms with Crippen molar-refractivity contribution >= 4 is 0 Å². The highest BCUT2D eigenvalue weighted by atomic mass is 16.5. The first-order chi connectivity index (χ1) is 10.1. The molecule has 0 aromatic heterocycles. The van der Waals surface area contributed by atoms with Gasteiger partial charge in [-0.15, -0.1) is 0 Å².